The van der Waals surface area contributed by atoms with Gasteiger partial charge in [-0.25, -0.2) is 0 Å². The van der Waals surface area contributed by atoms with Crippen molar-refractivity contribution in [3.63, 3.8) is 0 Å². The van der Waals surface area contributed by atoms with Crippen LogP contribution >= 0.6 is 0 Å². The fraction of sp³-hybridized carbons (Fsp3) is 0.857. The average molecular weight is 251 g/mol. The van der Waals surface area contributed by atoms with E-state index >= 15 is 0 Å². The van der Waals surface area contributed by atoms with Crippen LogP contribution in [0.5, 0.6) is 0 Å². The molecule has 1 rings (SSSR count). The second kappa shape index (κ2) is 6.75. The fourth-order valence-electron chi connectivity index (χ4n) is 2.64. The first-order valence-corrected chi connectivity index (χ1v) is 6.90. The Morgan fingerprint density at radius 3 is 2.61 bits per heavy atom. The molecule has 1 aliphatic rings. The van der Waals surface area contributed by atoms with Gasteiger partial charge in [-0.05, 0) is 31.2 Å². The molecule has 0 radical (unpaired) electrons. The monoisotopic (exact) mass is 251 g/mol. The van der Waals surface area contributed by atoms with E-state index in [4.69, 9.17) is 5.26 Å². The van der Waals surface area contributed by atoms with Gasteiger partial charge < -0.3 is 4.90 Å². The maximum absolute atomic E-state index is 12.0. The lowest BCUT2D eigenvalue weighted by molar-refractivity contribution is -0.130. The summed E-state index contributed by atoms with van der Waals surface area (Å²) in [5, 5.41) is 8.52. The van der Waals surface area contributed by atoms with Crippen LogP contribution in [0.25, 0.3) is 0 Å². The highest BCUT2D eigenvalue weighted by Gasteiger charge is 2.35. The van der Waals surface area contributed by atoms with Gasteiger partial charge in [0.05, 0.1) is 19.0 Å². The van der Waals surface area contributed by atoms with Crippen molar-refractivity contribution in [1.29, 1.82) is 5.26 Å². The molecular weight excluding hydrogens is 226 g/mol. The number of rotatable bonds is 6. The van der Waals surface area contributed by atoms with Gasteiger partial charge in [0.25, 0.3) is 0 Å². The van der Waals surface area contributed by atoms with Crippen LogP contribution in [0.3, 0.4) is 0 Å². The smallest absolute Gasteiger partial charge is 0.236 e. The van der Waals surface area contributed by atoms with Crippen LogP contribution in [0.2, 0.25) is 0 Å². The molecule has 18 heavy (non-hydrogen) atoms. The predicted octanol–water partition coefficient (Wildman–Crippen LogP) is 1.87. The third kappa shape index (κ3) is 3.71. The van der Waals surface area contributed by atoms with E-state index in [1.165, 1.54) is 19.3 Å². The molecule has 0 spiro atoms. The van der Waals surface area contributed by atoms with E-state index in [-0.39, 0.29) is 5.91 Å². The quantitative estimate of drug-likeness (QED) is 0.724. The molecule has 0 aromatic heterocycles. The molecule has 1 saturated heterocycles. The summed E-state index contributed by atoms with van der Waals surface area (Å²) in [7, 11) is 1.78. The Morgan fingerprint density at radius 1 is 1.44 bits per heavy atom. The van der Waals surface area contributed by atoms with Crippen molar-refractivity contribution >= 4 is 5.91 Å². The van der Waals surface area contributed by atoms with E-state index in [0.717, 1.165) is 13.1 Å². The Bertz CT molecular complexity index is 317. The third-order valence-electron chi connectivity index (χ3n) is 4.36. The Balaban J connectivity index is 2.41. The molecule has 0 aromatic rings. The summed E-state index contributed by atoms with van der Waals surface area (Å²) in [6, 6.07) is 2.07. The molecule has 1 fully saturated rings. The Kier molecular flexibility index (Phi) is 5.61. The van der Waals surface area contributed by atoms with Gasteiger partial charge in [0.15, 0.2) is 0 Å². The molecule has 1 amide bonds. The van der Waals surface area contributed by atoms with Gasteiger partial charge in [0.1, 0.15) is 0 Å². The zero-order valence-electron chi connectivity index (χ0n) is 11.9. The summed E-state index contributed by atoms with van der Waals surface area (Å²) in [4.78, 5) is 15.9. The Hall–Kier alpha value is -1.08. The first kappa shape index (κ1) is 15.0. The summed E-state index contributed by atoms with van der Waals surface area (Å²) in [6.07, 6.45) is 4.00. The molecule has 0 bridgehead atoms. The largest absolute Gasteiger partial charge is 0.344 e. The van der Waals surface area contributed by atoms with Crippen molar-refractivity contribution in [3.05, 3.63) is 0 Å². The standard InChI is InChI=1S/C14H25N3O/c1-4-14(5-2)7-10-17(12-14)11-13(18)16(3)9-6-8-15/h4-7,9-12H2,1-3H3. The van der Waals surface area contributed by atoms with Gasteiger partial charge in [-0.3, -0.25) is 9.69 Å². The van der Waals surface area contributed by atoms with Crippen molar-refractivity contribution in [2.75, 3.05) is 33.2 Å². The van der Waals surface area contributed by atoms with Crippen LogP contribution in [-0.4, -0.2) is 48.9 Å². The van der Waals surface area contributed by atoms with Crippen LogP contribution in [-0.2, 0) is 4.79 Å². The van der Waals surface area contributed by atoms with Crippen molar-refractivity contribution in [3.8, 4) is 6.07 Å². The minimum absolute atomic E-state index is 0.133. The zero-order valence-corrected chi connectivity index (χ0v) is 11.9. The summed E-state index contributed by atoms with van der Waals surface area (Å²) in [5.74, 6) is 0.133. The normalized spacial score (nSPS) is 18.6. The van der Waals surface area contributed by atoms with Crippen LogP contribution in [0.15, 0.2) is 0 Å². The van der Waals surface area contributed by atoms with Gasteiger partial charge in [0.2, 0.25) is 5.91 Å². The van der Waals surface area contributed by atoms with Crippen molar-refractivity contribution < 1.29 is 4.79 Å². The number of likely N-dealkylation sites (tertiary alicyclic amines) is 1. The van der Waals surface area contributed by atoms with Crippen molar-refractivity contribution in [2.45, 2.75) is 39.5 Å². The number of hydrogen-bond donors (Lipinski definition) is 0. The van der Waals surface area contributed by atoms with Crippen LogP contribution < -0.4 is 0 Å². The average Bonchev–Trinajstić information content (AvgIpc) is 2.79. The first-order chi connectivity index (χ1) is 8.56. The van der Waals surface area contributed by atoms with E-state index in [1.54, 1.807) is 11.9 Å². The number of nitriles is 1. The lowest BCUT2D eigenvalue weighted by Gasteiger charge is -2.27. The SMILES string of the molecule is CCC1(CC)CCN(CC(=O)N(C)CCC#N)C1. The molecular formula is C14H25N3O. The molecule has 1 aliphatic heterocycles. The first-order valence-electron chi connectivity index (χ1n) is 6.90. The third-order valence-corrected chi connectivity index (χ3v) is 4.36. The Morgan fingerprint density at radius 2 is 2.11 bits per heavy atom. The number of hydrogen-bond acceptors (Lipinski definition) is 3. The van der Waals surface area contributed by atoms with Crippen LogP contribution in [0, 0.1) is 16.7 Å². The van der Waals surface area contributed by atoms with Gasteiger partial charge in [-0.15, -0.1) is 0 Å². The van der Waals surface area contributed by atoms with E-state index < -0.39 is 0 Å². The van der Waals surface area contributed by atoms with Gasteiger partial charge in [-0.2, -0.15) is 5.26 Å². The molecule has 102 valence electrons. The summed E-state index contributed by atoms with van der Waals surface area (Å²) in [6.45, 7) is 7.60. The fourth-order valence-corrected chi connectivity index (χ4v) is 2.64. The number of carbonyl (C=O) groups excluding carboxylic acids is 1. The molecule has 0 saturated carbocycles. The molecule has 0 aliphatic carbocycles. The molecule has 0 unspecified atom stereocenters. The minimum Gasteiger partial charge on any atom is -0.344 e. The summed E-state index contributed by atoms with van der Waals surface area (Å²) < 4.78 is 0. The van der Waals surface area contributed by atoms with Gasteiger partial charge in [-0.1, -0.05) is 13.8 Å². The van der Waals surface area contributed by atoms with E-state index in [0.29, 0.717) is 24.9 Å². The molecule has 1 heterocycles. The Labute approximate surface area is 111 Å². The maximum Gasteiger partial charge on any atom is 0.236 e. The second-order valence-corrected chi connectivity index (χ2v) is 5.39. The minimum atomic E-state index is 0.133. The maximum atomic E-state index is 12.0. The zero-order chi connectivity index (χ0) is 13.6. The topological polar surface area (TPSA) is 47.3 Å². The lowest BCUT2D eigenvalue weighted by Crippen LogP contribution is -2.38. The lowest BCUT2D eigenvalue weighted by atomic mass is 9.82. The van der Waals surface area contributed by atoms with Crippen LogP contribution in [0.1, 0.15) is 39.5 Å². The van der Waals surface area contributed by atoms with E-state index in [2.05, 4.69) is 24.8 Å². The van der Waals surface area contributed by atoms with Crippen LogP contribution in [0.4, 0.5) is 0 Å². The molecule has 4 nitrogen and oxygen atoms in total. The molecule has 0 atom stereocenters. The molecule has 4 heteroatoms. The highest BCUT2D eigenvalue weighted by molar-refractivity contribution is 5.78. The second-order valence-electron chi connectivity index (χ2n) is 5.39. The number of amides is 1. The highest BCUT2D eigenvalue weighted by Crippen LogP contribution is 2.36. The van der Waals surface area contributed by atoms with Crippen molar-refractivity contribution in [2.24, 2.45) is 5.41 Å². The highest BCUT2D eigenvalue weighted by atomic mass is 16.2. The predicted molar refractivity (Wildman–Crippen MR) is 71.9 cm³/mol. The summed E-state index contributed by atoms with van der Waals surface area (Å²) >= 11 is 0. The molecule has 0 aromatic carbocycles. The summed E-state index contributed by atoms with van der Waals surface area (Å²) in [5.41, 5.74) is 0.422. The molecule has 0 N–H and O–H groups in total. The van der Waals surface area contributed by atoms with Gasteiger partial charge in [0, 0.05) is 20.1 Å². The van der Waals surface area contributed by atoms with E-state index in [9.17, 15) is 4.79 Å². The number of likely N-dealkylation sites (N-methyl/N-ethyl adjacent to an activating group) is 1. The number of carbonyl (C=O) groups is 1. The van der Waals surface area contributed by atoms with Crippen molar-refractivity contribution in [1.82, 2.24) is 9.80 Å². The number of nitrogens with zero attached hydrogens (tertiary/aromatic N) is 3. The van der Waals surface area contributed by atoms with E-state index in [1.807, 2.05) is 0 Å². The van der Waals surface area contributed by atoms with Gasteiger partial charge >= 0.3 is 0 Å².